The standard InChI is InChI=1S/C25H28O5/c1-14(2)5-11-18-22(27)19(12-6-15(3)4)25-21(23(18)28)24(29)20(13-30-25)16-7-9-17(26)10-8-16/h5-10,20,26-28H,11-13H2,1-4H3. The normalized spacial score (nSPS) is 15.2. The van der Waals surface area contributed by atoms with Crippen LogP contribution in [0.3, 0.4) is 0 Å². The summed E-state index contributed by atoms with van der Waals surface area (Å²) in [5, 5.41) is 31.4. The zero-order chi connectivity index (χ0) is 22.0. The molecule has 30 heavy (non-hydrogen) atoms. The molecule has 0 bridgehead atoms. The first-order valence-corrected chi connectivity index (χ1v) is 10.0. The molecule has 0 fully saturated rings. The van der Waals surface area contributed by atoms with Crippen LogP contribution in [0.5, 0.6) is 23.0 Å². The van der Waals surface area contributed by atoms with E-state index < -0.39 is 5.92 Å². The first-order chi connectivity index (χ1) is 14.2. The van der Waals surface area contributed by atoms with Crippen LogP contribution in [0.25, 0.3) is 0 Å². The van der Waals surface area contributed by atoms with E-state index in [2.05, 4.69) is 0 Å². The van der Waals surface area contributed by atoms with Crippen LogP contribution in [-0.2, 0) is 12.8 Å². The highest BCUT2D eigenvalue weighted by molar-refractivity contribution is 6.07. The van der Waals surface area contributed by atoms with Gasteiger partial charge in [-0.1, -0.05) is 35.4 Å². The first-order valence-electron chi connectivity index (χ1n) is 10.0. The van der Waals surface area contributed by atoms with Crippen LogP contribution in [0.15, 0.2) is 47.6 Å². The van der Waals surface area contributed by atoms with Crippen LogP contribution < -0.4 is 4.74 Å². The molecule has 5 nitrogen and oxygen atoms in total. The molecule has 0 saturated carbocycles. The van der Waals surface area contributed by atoms with E-state index in [0.717, 1.165) is 11.1 Å². The number of aromatic hydroxyl groups is 3. The van der Waals surface area contributed by atoms with Crippen LogP contribution in [0.4, 0.5) is 0 Å². The molecule has 0 saturated heterocycles. The summed E-state index contributed by atoms with van der Waals surface area (Å²) < 4.78 is 5.95. The summed E-state index contributed by atoms with van der Waals surface area (Å²) >= 11 is 0. The van der Waals surface area contributed by atoms with Gasteiger partial charge in [0, 0.05) is 11.1 Å². The molecule has 3 N–H and O–H groups in total. The Morgan fingerprint density at radius 3 is 2.07 bits per heavy atom. The van der Waals surface area contributed by atoms with Crippen molar-refractivity contribution in [3.05, 3.63) is 69.8 Å². The summed E-state index contributed by atoms with van der Waals surface area (Å²) in [5.41, 5.74) is 3.78. The van der Waals surface area contributed by atoms with Gasteiger partial charge in [0.2, 0.25) is 0 Å². The van der Waals surface area contributed by atoms with E-state index in [1.165, 1.54) is 12.1 Å². The predicted octanol–water partition coefficient (Wildman–Crippen LogP) is 5.18. The monoisotopic (exact) mass is 408 g/mol. The van der Waals surface area contributed by atoms with E-state index in [1.54, 1.807) is 12.1 Å². The van der Waals surface area contributed by atoms with Crippen molar-refractivity contribution in [2.75, 3.05) is 6.61 Å². The molecule has 2 aromatic carbocycles. The highest BCUT2D eigenvalue weighted by Crippen LogP contribution is 2.47. The van der Waals surface area contributed by atoms with Gasteiger partial charge in [0.05, 0.1) is 5.92 Å². The molecule has 0 spiro atoms. The number of carbonyl (C=O) groups is 1. The Hall–Kier alpha value is -3.21. The van der Waals surface area contributed by atoms with Crippen LogP contribution in [0, 0.1) is 0 Å². The average Bonchev–Trinajstić information content (AvgIpc) is 2.68. The molecule has 1 atom stereocenters. The second-order valence-corrected chi connectivity index (χ2v) is 8.15. The van der Waals surface area contributed by atoms with Crippen molar-refractivity contribution < 1.29 is 24.9 Å². The number of ether oxygens (including phenoxy) is 1. The number of hydrogen-bond donors (Lipinski definition) is 3. The first kappa shape index (κ1) is 21.5. The molecule has 1 unspecified atom stereocenters. The molecule has 1 aliphatic rings. The molecular weight excluding hydrogens is 380 g/mol. The maximum atomic E-state index is 13.4. The fraction of sp³-hybridized carbons (Fsp3) is 0.320. The minimum atomic E-state index is -0.596. The number of rotatable bonds is 5. The van der Waals surface area contributed by atoms with Gasteiger partial charge in [-0.05, 0) is 58.2 Å². The molecule has 3 rings (SSSR count). The predicted molar refractivity (Wildman–Crippen MR) is 117 cm³/mol. The minimum absolute atomic E-state index is 0.0304. The number of hydrogen-bond acceptors (Lipinski definition) is 5. The SMILES string of the molecule is CC(C)=CCc1c(O)c(CC=C(C)C)c2c(c1O)C(=O)C(c1ccc(O)cc1)CO2. The maximum Gasteiger partial charge on any atom is 0.181 e. The second kappa shape index (κ2) is 8.66. The quantitative estimate of drug-likeness (QED) is 0.594. The van der Waals surface area contributed by atoms with Crippen LogP contribution in [-0.4, -0.2) is 27.7 Å². The van der Waals surface area contributed by atoms with Crippen LogP contribution in [0.1, 0.15) is 60.7 Å². The van der Waals surface area contributed by atoms with Gasteiger partial charge < -0.3 is 20.1 Å². The highest BCUT2D eigenvalue weighted by Gasteiger charge is 2.37. The van der Waals surface area contributed by atoms with E-state index in [4.69, 9.17) is 4.74 Å². The number of phenolic OH excluding ortho intramolecular Hbond substituents is 3. The Labute approximate surface area is 177 Å². The van der Waals surface area contributed by atoms with Gasteiger partial charge in [-0.15, -0.1) is 0 Å². The van der Waals surface area contributed by atoms with Gasteiger partial charge in [-0.2, -0.15) is 0 Å². The second-order valence-electron chi connectivity index (χ2n) is 8.15. The van der Waals surface area contributed by atoms with Crippen molar-refractivity contribution in [2.45, 2.75) is 46.5 Å². The zero-order valence-electron chi connectivity index (χ0n) is 17.8. The molecule has 0 aliphatic carbocycles. The maximum absolute atomic E-state index is 13.4. The largest absolute Gasteiger partial charge is 0.508 e. The summed E-state index contributed by atoms with van der Waals surface area (Å²) in [6.45, 7) is 7.89. The van der Waals surface area contributed by atoms with Gasteiger partial charge in [0.15, 0.2) is 5.78 Å². The van der Waals surface area contributed by atoms with Crippen molar-refractivity contribution in [2.24, 2.45) is 0 Å². The van der Waals surface area contributed by atoms with Crippen molar-refractivity contribution in [1.29, 1.82) is 0 Å². The third kappa shape index (κ3) is 4.20. The molecular formula is C25H28O5. The smallest absolute Gasteiger partial charge is 0.181 e. The number of benzene rings is 2. The fourth-order valence-corrected chi connectivity index (χ4v) is 3.56. The molecule has 0 aromatic heterocycles. The number of carbonyl (C=O) groups excluding carboxylic acids is 1. The van der Waals surface area contributed by atoms with E-state index in [-0.39, 0.29) is 41.0 Å². The summed E-state index contributed by atoms with van der Waals surface area (Å²) in [6.07, 6.45) is 4.57. The number of fused-ring (bicyclic) bond motifs is 1. The number of phenols is 3. The van der Waals surface area contributed by atoms with E-state index in [1.807, 2.05) is 39.8 Å². The Bertz CT molecular complexity index is 1020. The lowest BCUT2D eigenvalue weighted by atomic mass is 9.85. The van der Waals surface area contributed by atoms with Crippen LogP contribution in [0.2, 0.25) is 0 Å². The molecule has 5 heteroatoms. The minimum Gasteiger partial charge on any atom is -0.508 e. The van der Waals surface area contributed by atoms with E-state index in [0.29, 0.717) is 29.5 Å². The third-order valence-corrected chi connectivity index (χ3v) is 5.28. The van der Waals surface area contributed by atoms with Gasteiger partial charge in [-0.3, -0.25) is 4.79 Å². The summed E-state index contributed by atoms with van der Waals surface area (Å²) in [7, 11) is 0. The summed E-state index contributed by atoms with van der Waals surface area (Å²) in [6, 6.07) is 6.40. The Balaban J connectivity index is 2.16. The lowest BCUT2D eigenvalue weighted by Gasteiger charge is -2.28. The highest BCUT2D eigenvalue weighted by atomic mass is 16.5. The summed E-state index contributed by atoms with van der Waals surface area (Å²) in [5.74, 6) is -0.739. The van der Waals surface area contributed by atoms with Crippen LogP contribution >= 0.6 is 0 Å². The average molecular weight is 408 g/mol. The fourth-order valence-electron chi connectivity index (χ4n) is 3.56. The number of ketones is 1. The molecule has 1 heterocycles. The molecule has 2 aromatic rings. The van der Waals surface area contributed by atoms with Gasteiger partial charge in [0.25, 0.3) is 0 Å². The Morgan fingerprint density at radius 1 is 0.933 bits per heavy atom. The topological polar surface area (TPSA) is 87.0 Å². The van der Waals surface area contributed by atoms with Gasteiger partial charge in [0.1, 0.15) is 35.2 Å². The van der Waals surface area contributed by atoms with Crippen molar-refractivity contribution in [3.8, 4) is 23.0 Å². The zero-order valence-corrected chi connectivity index (χ0v) is 17.8. The number of Topliss-reactive ketones (excluding diaryl/α,β-unsaturated/α-hetero) is 1. The van der Waals surface area contributed by atoms with Crippen molar-refractivity contribution in [1.82, 2.24) is 0 Å². The van der Waals surface area contributed by atoms with Crippen molar-refractivity contribution >= 4 is 5.78 Å². The molecule has 1 aliphatic heterocycles. The number of allylic oxidation sites excluding steroid dienone is 4. The Kier molecular flexibility index (Phi) is 6.20. The summed E-state index contributed by atoms with van der Waals surface area (Å²) in [4.78, 5) is 13.4. The lowest BCUT2D eigenvalue weighted by Crippen LogP contribution is -2.27. The van der Waals surface area contributed by atoms with Gasteiger partial charge >= 0.3 is 0 Å². The van der Waals surface area contributed by atoms with E-state index in [9.17, 15) is 20.1 Å². The molecule has 0 amide bonds. The Morgan fingerprint density at radius 2 is 1.50 bits per heavy atom. The third-order valence-electron chi connectivity index (χ3n) is 5.28. The van der Waals surface area contributed by atoms with Crippen molar-refractivity contribution in [3.63, 3.8) is 0 Å². The molecule has 158 valence electrons. The lowest BCUT2D eigenvalue weighted by molar-refractivity contribution is 0.0890. The molecule has 0 radical (unpaired) electrons. The van der Waals surface area contributed by atoms with Gasteiger partial charge in [-0.25, -0.2) is 0 Å². The van der Waals surface area contributed by atoms with E-state index >= 15 is 0 Å².